The highest BCUT2D eigenvalue weighted by Gasteiger charge is 2.16. The monoisotopic (exact) mass is 370 g/mol. The molecule has 1 aromatic heterocycles. The molecule has 0 unspecified atom stereocenters. The summed E-state index contributed by atoms with van der Waals surface area (Å²) >= 11 is 13.0. The standard InChI is InChI=1S/C16H16Cl2N2O2S/c1-3-20(4-2)16(22)10-6-5-7-11(8-10)19-15(21)12-9-13(17)23-14(12)18/h5-9H,3-4H2,1-2H3,(H,19,21). The summed E-state index contributed by atoms with van der Waals surface area (Å²) in [7, 11) is 0. The van der Waals surface area contributed by atoms with Crippen LogP contribution >= 0.6 is 34.5 Å². The molecule has 0 bridgehead atoms. The molecule has 0 spiro atoms. The highest BCUT2D eigenvalue weighted by molar-refractivity contribution is 7.20. The Morgan fingerprint density at radius 3 is 2.43 bits per heavy atom. The van der Waals surface area contributed by atoms with Crippen LogP contribution in [0.2, 0.25) is 8.67 Å². The van der Waals surface area contributed by atoms with Crippen molar-refractivity contribution < 1.29 is 9.59 Å². The lowest BCUT2D eigenvalue weighted by atomic mass is 10.1. The van der Waals surface area contributed by atoms with Crippen molar-refractivity contribution in [2.75, 3.05) is 18.4 Å². The molecule has 1 aromatic carbocycles. The zero-order valence-corrected chi connectivity index (χ0v) is 15.1. The van der Waals surface area contributed by atoms with Crippen molar-refractivity contribution in [3.8, 4) is 0 Å². The van der Waals surface area contributed by atoms with E-state index in [4.69, 9.17) is 23.2 Å². The minimum atomic E-state index is -0.356. The van der Waals surface area contributed by atoms with Crippen LogP contribution in [0.3, 0.4) is 0 Å². The summed E-state index contributed by atoms with van der Waals surface area (Å²) in [4.78, 5) is 26.3. The van der Waals surface area contributed by atoms with E-state index in [1.54, 1.807) is 29.2 Å². The fraction of sp³-hybridized carbons (Fsp3) is 0.250. The molecule has 0 saturated heterocycles. The van der Waals surface area contributed by atoms with Gasteiger partial charge in [-0.15, -0.1) is 11.3 Å². The molecule has 0 saturated carbocycles. The predicted molar refractivity (Wildman–Crippen MR) is 96.0 cm³/mol. The molecule has 1 N–H and O–H groups in total. The first kappa shape index (κ1) is 17.8. The van der Waals surface area contributed by atoms with E-state index < -0.39 is 0 Å². The van der Waals surface area contributed by atoms with Gasteiger partial charge in [0.2, 0.25) is 0 Å². The van der Waals surface area contributed by atoms with Crippen molar-refractivity contribution in [1.29, 1.82) is 0 Å². The lowest BCUT2D eigenvalue weighted by Gasteiger charge is -2.19. The number of anilines is 1. The van der Waals surface area contributed by atoms with Crippen molar-refractivity contribution >= 4 is 52.0 Å². The summed E-state index contributed by atoms with van der Waals surface area (Å²) in [5.41, 5.74) is 1.38. The number of carbonyl (C=O) groups is 2. The third kappa shape index (κ3) is 4.25. The Labute approximate surface area is 149 Å². The smallest absolute Gasteiger partial charge is 0.258 e. The Morgan fingerprint density at radius 1 is 1.17 bits per heavy atom. The Bertz CT molecular complexity index is 727. The zero-order valence-electron chi connectivity index (χ0n) is 12.7. The van der Waals surface area contributed by atoms with E-state index in [1.165, 1.54) is 6.07 Å². The van der Waals surface area contributed by atoms with Crippen LogP contribution in [-0.2, 0) is 0 Å². The van der Waals surface area contributed by atoms with Crippen molar-refractivity contribution in [2.45, 2.75) is 13.8 Å². The second kappa shape index (κ2) is 7.81. The summed E-state index contributed by atoms with van der Waals surface area (Å²) in [5, 5.41) is 2.74. The molecule has 23 heavy (non-hydrogen) atoms. The lowest BCUT2D eigenvalue weighted by Crippen LogP contribution is -2.30. The van der Waals surface area contributed by atoms with Crippen molar-refractivity contribution in [2.24, 2.45) is 0 Å². The van der Waals surface area contributed by atoms with Gasteiger partial charge in [0.15, 0.2) is 0 Å². The molecule has 2 rings (SSSR count). The second-order valence-corrected chi connectivity index (χ2v) is 7.04. The average molecular weight is 371 g/mol. The minimum absolute atomic E-state index is 0.0669. The second-order valence-electron chi connectivity index (χ2n) is 4.75. The molecule has 0 atom stereocenters. The van der Waals surface area contributed by atoms with Crippen LogP contribution in [0, 0.1) is 0 Å². The van der Waals surface area contributed by atoms with Crippen LogP contribution in [0.5, 0.6) is 0 Å². The molecule has 7 heteroatoms. The molecule has 0 aliphatic carbocycles. The van der Waals surface area contributed by atoms with Gasteiger partial charge in [0, 0.05) is 24.3 Å². The minimum Gasteiger partial charge on any atom is -0.339 e. The molecule has 2 aromatic rings. The van der Waals surface area contributed by atoms with Crippen LogP contribution in [-0.4, -0.2) is 29.8 Å². The number of hydrogen-bond donors (Lipinski definition) is 1. The van der Waals surface area contributed by atoms with Crippen LogP contribution in [0.4, 0.5) is 5.69 Å². The first-order valence-corrected chi connectivity index (χ1v) is 8.69. The molecule has 0 radical (unpaired) electrons. The van der Waals surface area contributed by atoms with E-state index in [0.29, 0.717) is 38.6 Å². The molecular formula is C16H16Cl2N2O2S. The van der Waals surface area contributed by atoms with E-state index in [1.807, 2.05) is 13.8 Å². The summed E-state index contributed by atoms with van der Waals surface area (Å²) < 4.78 is 0.786. The maximum atomic E-state index is 12.3. The van der Waals surface area contributed by atoms with Gasteiger partial charge >= 0.3 is 0 Å². The maximum Gasteiger partial charge on any atom is 0.258 e. The van der Waals surface area contributed by atoms with Gasteiger partial charge in [-0.2, -0.15) is 0 Å². The van der Waals surface area contributed by atoms with Crippen LogP contribution in [0.1, 0.15) is 34.6 Å². The number of nitrogens with zero attached hydrogens (tertiary/aromatic N) is 1. The largest absolute Gasteiger partial charge is 0.339 e. The molecule has 2 amide bonds. The van der Waals surface area contributed by atoms with Crippen LogP contribution < -0.4 is 5.32 Å². The molecule has 4 nitrogen and oxygen atoms in total. The summed E-state index contributed by atoms with van der Waals surface area (Å²) in [6.45, 7) is 5.12. The number of halogens is 2. The zero-order chi connectivity index (χ0) is 17.0. The van der Waals surface area contributed by atoms with Crippen molar-refractivity contribution in [3.05, 3.63) is 50.1 Å². The molecule has 122 valence electrons. The number of hydrogen-bond acceptors (Lipinski definition) is 3. The van der Waals surface area contributed by atoms with Gasteiger partial charge in [0.25, 0.3) is 11.8 Å². The third-order valence-corrected chi connectivity index (χ3v) is 4.81. The van der Waals surface area contributed by atoms with Gasteiger partial charge in [0.05, 0.1) is 9.90 Å². The molecule has 0 aliphatic rings. The molecule has 1 heterocycles. The molecule has 0 fully saturated rings. The Hall–Kier alpha value is -1.56. The quantitative estimate of drug-likeness (QED) is 0.822. The van der Waals surface area contributed by atoms with E-state index in [2.05, 4.69) is 5.32 Å². The summed E-state index contributed by atoms with van der Waals surface area (Å²) in [6, 6.07) is 8.35. The molecule has 0 aliphatic heterocycles. The number of thiophene rings is 1. The van der Waals surface area contributed by atoms with E-state index in [9.17, 15) is 9.59 Å². The Kier molecular flexibility index (Phi) is 6.04. The number of carbonyl (C=O) groups excluding carboxylic acids is 2. The lowest BCUT2D eigenvalue weighted by molar-refractivity contribution is 0.0772. The number of nitrogens with one attached hydrogen (secondary N) is 1. The highest BCUT2D eigenvalue weighted by atomic mass is 35.5. The van der Waals surface area contributed by atoms with Crippen molar-refractivity contribution in [3.63, 3.8) is 0 Å². The van der Waals surface area contributed by atoms with Gasteiger partial charge in [0.1, 0.15) is 4.34 Å². The van der Waals surface area contributed by atoms with Gasteiger partial charge in [-0.25, -0.2) is 0 Å². The fourth-order valence-corrected chi connectivity index (χ4v) is 3.58. The summed E-state index contributed by atoms with van der Waals surface area (Å²) in [5.74, 6) is -0.423. The SMILES string of the molecule is CCN(CC)C(=O)c1cccc(NC(=O)c2cc(Cl)sc2Cl)c1. The Morgan fingerprint density at radius 2 is 1.87 bits per heavy atom. The van der Waals surface area contributed by atoms with Gasteiger partial charge < -0.3 is 10.2 Å². The first-order valence-electron chi connectivity index (χ1n) is 7.11. The fourth-order valence-electron chi connectivity index (χ4n) is 2.12. The topological polar surface area (TPSA) is 49.4 Å². The van der Waals surface area contributed by atoms with Gasteiger partial charge in [-0.1, -0.05) is 29.3 Å². The number of rotatable bonds is 5. The van der Waals surface area contributed by atoms with E-state index >= 15 is 0 Å². The normalized spacial score (nSPS) is 10.4. The number of benzene rings is 1. The summed E-state index contributed by atoms with van der Waals surface area (Å²) in [6.07, 6.45) is 0. The van der Waals surface area contributed by atoms with Crippen molar-refractivity contribution in [1.82, 2.24) is 4.90 Å². The van der Waals surface area contributed by atoms with E-state index in [0.717, 1.165) is 11.3 Å². The maximum absolute atomic E-state index is 12.3. The highest BCUT2D eigenvalue weighted by Crippen LogP contribution is 2.31. The number of amides is 2. The van der Waals surface area contributed by atoms with E-state index in [-0.39, 0.29) is 11.8 Å². The predicted octanol–water partition coefficient (Wildman–Crippen LogP) is 4.79. The van der Waals surface area contributed by atoms with Crippen LogP contribution in [0.15, 0.2) is 30.3 Å². The van der Waals surface area contributed by atoms with Crippen LogP contribution in [0.25, 0.3) is 0 Å². The third-order valence-electron chi connectivity index (χ3n) is 3.32. The first-order chi connectivity index (χ1) is 11.0. The Balaban J connectivity index is 2.18. The average Bonchev–Trinajstić information content (AvgIpc) is 2.87. The van der Waals surface area contributed by atoms with Gasteiger partial charge in [-0.05, 0) is 38.1 Å². The van der Waals surface area contributed by atoms with Gasteiger partial charge in [-0.3, -0.25) is 9.59 Å². The molecular weight excluding hydrogens is 355 g/mol.